The zero-order chi connectivity index (χ0) is 22.6. The van der Waals surface area contributed by atoms with Crippen molar-refractivity contribution < 1.29 is 33.4 Å². The van der Waals surface area contributed by atoms with Crippen LogP contribution in [0.25, 0.3) is 0 Å². The first-order valence-corrected chi connectivity index (χ1v) is 10.0. The lowest BCUT2D eigenvalue weighted by Gasteiger charge is -2.21. The highest BCUT2D eigenvalue weighted by Gasteiger charge is 2.41. The van der Waals surface area contributed by atoms with E-state index in [9.17, 15) is 24.0 Å². The summed E-state index contributed by atoms with van der Waals surface area (Å²) >= 11 is 0. The van der Waals surface area contributed by atoms with Crippen molar-refractivity contribution in [3.8, 4) is 0 Å². The van der Waals surface area contributed by atoms with Crippen LogP contribution in [-0.2, 0) is 23.9 Å². The van der Waals surface area contributed by atoms with Crippen LogP contribution in [0.2, 0.25) is 0 Å². The molecule has 0 radical (unpaired) electrons. The van der Waals surface area contributed by atoms with Crippen molar-refractivity contribution in [2.45, 2.75) is 25.3 Å². The third-order valence-corrected chi connectivity index (χ3v) is 4.69. The lowest BCUT2D eigenvalue weighted by atomic mass is 10.1. The summed E-state index contributed by atoms with van der Waals surface area (Å²) in [5.41, 5.74) is 0.892. The van der Waals surface area contributed by atoms with E-state index in [1.165, 1.54) is 13.1 Å². The van der Waals surface area contributed by atoms with Crippen LogP contribution in [-0.4, -0.2) is 81.3 Å². The molecule has 1 aliphatic rings. The Balaban J connectivity index is 1.93. The Morgan fingerprint density at radius 1 is 1.10 bits per heavy atom. The first-order chi connectivity index (χ1) is 15.0. The Bertz CT molecular complexity index is 812. The number of imide groups is 1. The van der Waals surface area contributed by atoms with E-state index in [-0.39, 0.29) is 29.9 Å². The molecule has 0 saturated carbocycles. The number of rotatable bonds is 15. The van der Waals surface area contributed by atoms with Gasteiger partial charge in [-0.15, -0.1) is 0 Å². The van der Waals surface area contributed by atoms with E-state index in [4.69, 9.17) is 9.47 Å². The molecule has 1 unspecified atom stereocenters. The minimum Gasteiger partial charge on any atom is -0.382 e. The quantitative estimate of drug-likeness (QED) is 0.231. The Morgan fingerprint density at radius 2 is 1.84 bits per heavy atom. The Labute approximate surface area is 180 Å². The van der Waals surface area contributed by atoms with Gasteiger partial charge in [-0.05, 0) is 18.6 Å². The van der Waals surface area contributed by atoms with E-state index >= 15 is 0 Å². The van der Waals surface area contributed by atoms with Gasteiger partial charge in [-0.25, -0.2) is 0 Å². The molecule has 1 aliphatic heterocycles. The van der Waals surface area contributed by atoms with Gasteiger partial charge >= 0.3 is 0 Å². The van der Waals surface area contributed by atoms with Crippen LogP contribution < -0.4 is 10.6 Å². The Morgan fingerprint density at radius 3 is 2.52 bits per heavy atom. The molecule has 1 aromatic rings. The standard InChI is InChI=1S/C21H27N3O7/c1-22-18(27)7-6-15(14-26)24-20(28)16-4-2-5-17(19(16)21(24)29)23-8-11-31-13-12-30-10-3-9-25/h2,4-5,9,14-15,23H,3,6-8,10-13H2,1H3,(H,22,27). The van der Waals surface area contributed by atoms with Gasteiger partial charge in [0.1, 0.15) is 12.6 Å². The highest BCUT2D eigenvalue weighted by atomic mass is 16.5. The van der Waals surface area contributed by atoms with Gasteiger partial charge in [-0.1, -0.05) is 6.07 Å². The normalized spacial score (nSPS) is 13.6. The SMILES string of the molecule is CNC(=O)CCC(C=O)N1C(=O)c2cccc(NCCOCCOCCC=O)c2C1=O. The summed E-state index contributed by atoms with van der Waals surface area (Å²) in [6, 6.07) is 3.85. The second-order valence-corrected chi connectivity index (χ2v) is 6.73. The highest BCUT2D eigenvalue weighted by molar-refractivity contribution is 6.24. The zero-order valence-corrected chi connectivity index (χ0v) is 17.4. The van der Waals surface area contributed by atoms with Crippen LogP contribution in [0, 0.1) is 0 Å². The van der Waals surface area contributed by atoms with Crippen molar-refractivity contribution in [3.63, 3.8) is 0 Å². The molecule has 10 nitrogen and oxygen atoms in total. The van der Waals surface area contributed by atoms with Gasteiger partial charge in [0, 0.05) is 32.1 Å². The van der Waals surface area contributed by atoms with Crippen molar-refractivity contribution in [3.05, 3.63) is 29.3 Å². The molecule has 1 heterocycles. The third kappa shape index (κ3) is 6.43. The molecular formula is C21H27N3O7. The summed E-state index contributed by atoms with van der Waals surface area (Å²) < 4.78 is 10.6. The molecule has 0 aliphatic carbocycles. The number of anilines is 1. The van der Waals surface area contributed by atoms with Crippen molar-refractivity contribution >= 4 is 36.0 Å². The topological polar surface area (TPSA) is 131 Å². The largest absolute Gasteiger partial charge is 0.382 e. The maximum Gasteiger partial charge on any atom is 0.264 e. The molecule has 0 spiro atoms. The fourth-order valence-electron chi connectivity index (χ4n) is 3.13. The van der Waals surface area contributed by atoms with E-state index in [0.29, 0.717) is 51.4 Å². The third-order valence-electron chi connectivity index (χ3n) is 4.69. The second kappa shape index (κ2) is 12.6. The predicted octanol–water partition coefficient (Wildman–Crippen LogP) is 0.410. The Kier molecular flexibility index (Phi) is 9.79. The number of carbonyl (C=O) groups excluding carboxylic acids is 5. The molecule has 168 valence electrons. The summed E-state index contributed by atoms with van der Waals surface area (Å²) in [5.74, 6) is -1.40. The minimum atomic E-state index is -1.01. The molecule has 0 aromatic heterocycles. The Hall–Kier alpha value is -3.11. The van der Waals surface area contributed by atoms with Crippen LogP contribution in [0.15, 0.2) is 18.2 Å². The van der Waals surface area contributed by atoms with E-state index in [2.05, 4.69) is 10.6 Å². The highest BCUT2D eigenvalue weighted by Crippen LogP contribution is 2.31. The summed E-state index contributed by atoms with van der Waals surface area (Å²) in [4.78, 5) is 59.8. The average molecular weight is 433 g/mol. The molecule has 0 bridgehead atoms. The summed E-state index contributed by atoms with van der Waals surface area (Å²) in [7, 11) is 1.47. The van der Waals surface area contributed by atoms with Crippen LogP contribution in [0.1, 0.15) is 40.0 Å². The lowest BCUT2D eigenvalue weighted by Crippen LogP contribution is -2.41. The van der Waals surface area contributed by atoms with E-state index in [1.54, 1.807) is 12.1 Å². The summed E-state index contributed by atoms with van der Waals surface area (Å²) in [5, 5.41) is 5.53. The number of fused-ring (bicyclic) bond motifs is 1. The number of aldehydes is 2. The monoisotopic (exact) mass is 433 g/mol. The number of hydrogen-bond acceptors (Lipinski definition) is 8. The van der Waals surface area contributed by atoms with Crippen molar-refractivity contribution in [1.29, 1.82) is 0 Å². The van der Waals surface area contributed by atoms with Gasteiger partial charge in [0.05, 0.1) is 43.6 Å². The molecule has 10 heteroatoms. The zero-order valence-electron chi connectivity index (χ0n) is 17.4. The van der Waals surface area contributed by atoms with Crippen LogP contribution in [0.4, 0.5) is 5.69 Å². The number of amides is 3. The van der Waals surface area contributed by atoms with Crippen molar-refractivity contribution in [2.24, 2.45) is 0 Å². The van der Waals surface area contributed by atoms with E-state index in [1.807, 2.05) is 0 Å². The summed E-state index contributed by atoms with van der Waals surface area (Å²) in [6.07, 6.45) is 1.73. The van der Waals surface area contributed by atoms with Gasteiger partial charge < -0.3 is 29.7 Å². The van der Waals surface area contributed by atoms with Crippen LogP contribution in [0.5, 0.6) is 0 Å². The van der Waals surface area contributed by atoms with Crippen molar-refractivity contribution in [2.75, 3.05) is 45.3 Å². The van der Waals surface area contributed by atoms with E-state index < -0.39 is 17.9 Å². The van der Waals surface area contributed by atoms with Gasteiger partial charge in [0.2, 0.25) is 5.91 Å². The first-order valence-electron chi connectivity index (χ1n) is 10.0. The molecular weight excluding hydrogens is 406 g/mol. The van der Waals surface area contributed by atoms with Crippen LogP contribution >= 0.6 is 0 Å². The molecule has 1 aromatic carbocycles. The average Bonchev–Trinajstić information content (AvgIpc) is 3.04. The lowest BCUT2D eigenvalue weighted by molar-refractivity contribution is -0.121. The number of carbonyl (C=O) groups is 5. The fourth-order valence-corrected chi connectivity index (χ4v) is 3.13. The van der Waals surface area contributed by atoms with Gasteiger partial charge in [-0.3, -0.25) is 19.3 Å². The number of ether oxygens (including phenoxy) is 2. The number of nitrogens with one attached hydrogen (secondary N) is 2. The molecule has 2 rings (SSSR count). The number of benzene rings is 1. The molecule has 3 amide bonds. The predicted molar refractivity (Wildman–Crippen MR) is 111 cm³/mol. The number of hydrogen-bond donors (Lipinski definition) is 2. The van der Waals surface area contributed by atoms with E-state index in [0.717, 1.165) is 11.2 Å². The minimum absolute atomic E-state index is 0.0224. The molecule has 1 atom stereocenters. The summed E-state index contributed by atoms with van der Waals surface area (Å²) in [6.45, 7) is 1.83. The first kappa shape index (κ1) is 24.2. The molecule has 0 fully saturated rings. The molecule has 0 saturated heterocycles. The van der Waals surface area contributed by atoms with Gasteiger partial charge in [0.15, 0.2) is 0 Å². The molecule has 31 heavy (non-hydrogen) atoms. The number of nitrogens with zero attached hydrogens (tertiary/aromatic N) is 1. The van der Waals surface area contributed by atoms with Gasteiger partial charge in [-0.2, -0.15) is 0 Å². The van der Waals surface area contributed by atoms with Crippen LogP contribution in [0.3, 0.4) is 0 Å². The maximum atomic E-state index is 12.9. The molecule has 2 N–H and O–H groups in total. The maximum absolute atomic E-state index is 12.9. The second-order valence-electron chi connectivity index (χ2n) is 6.73. The fraction of sp³-hybridized carbons (Fsp3) is 0.476. The van der Waals surface area contributed by atoms with Crippen molar-refractivity contribution in [1.82, 2.24) is 10.2 Å². The smallest absolute Gasteiger partial charge is 0.264 e. The van der Waals surface area contributed by atoms with Gasteiger partial charge in [0.25, 0.3) is 11.8 Å².